The van der Waals surface area contributed by atoms with Crippen LogP contribution in [-0.4, -0.2) is 23.2 Å². The van der Waals surface area contributed by atoms with E-state index in [0.29, 0.717) is 24.7 Å². The van der Waals surface area contributed by atoms with Crippen LogP contribution in [0, 0.1) is 5.82 Å². The zero-order valence-corrected chi connectivity index (χ0v) is 11.9. The first-order valence-corrected chi connectivity index (χ1v) is 6.88. The summed E-state index contributed by atoms with van der Waals surface area (Å²) in [6.07, 6.45) is 0. The molecule has 0 saturated heterocycles. The fraction of sp³-hybridized carbons (Fsp3) is 0.250. The van der Waals surface area contributed by atoms with Gasteiger partial charge in [0.05, 0.1) is 6.61 Å². The Morgan fingerprint density at radius 3 is 2.50 bits per heavy atom. The number of aliphatic hydroxyl groups is 1. The van der Waals surface area contributed by atoms with Crippen LogP contribution in [0.1, 0.15) is 11.1 Å². The molecular formula is C16H17ClFNO. The Hall–Kier alpha value is -1.42. The van der Waals surface area contributed by atoms with Gasteiger partial charge in [-0.05, 0) is 29.3 Å². The van der Waals surface area contributed by atoms with Crippen molar-refractivity contribution in [1.82, 2.24) is 4.90 Å². The van der Waals surface area contributed by atoms with Gasteiger partial charge in [0, 0.05) is 24.7 Å². The first kappa shape index (κ1) is 15.0. The van der Waals surface area contributed by atoms with E-state index in [1.165, 1.54) is 12.1 Å². The Balaban J connectivity index is 2.11. The summed E-state index contributed by atoms with van der Waals surface area (Å²) in [6, 6.07) is 14.3. The lowest BCUT2D eigenvalue weighted by molar-refractivity contribution is 0.184. The lowest BCUT2D eigenvalue weighted by atomic mass is 10.1. The van der Waals surface area contributed by atoms with Crippen molar-refractivity contribution in [2.45, 2.75) is 13.1 Å². The Labute approximate surface area is 123 Å². The predicted octanol–water partition coefficient (Wildman–Crippen LogP) is 3.47. The van der Waals surface area contributed by atoms with Crippen molar-refractivity contribution in [3.63, 3.8) is 0 Å². The second kappa shape index (κ2) is 7.39. The van der Waals surface area contributed by atoms with E-state index in [4.69, 9.17) is 16.7 Å². The zero-order valence-electron chi connectivity index (χ0n) is 11.1. The van der Waals surface area contributed by atoms with Crippen molar-refractivity contribution in [3.8, 4) is 0 Å². The lowest BCUT2D eigenvalue weighted by Gasteiger charge is -2.22. The minimum absolute atomic E-state index is 0.0553. The molecule has 0 fully saturated rings. The average molecular weight is 294 g/mol. The van der Waals surface area contributed by atoms with Crippen molar-refractivity contribution in [2.24, 2.45) is 0 Å². The van der Waals surface area contributed by atoms with Crippen LogP contribution in [0.4, 0.5) is 4.39 Å². The summed E-state index contributed by atoms with van der Waals surface area (Å²) in [5.74, 6) is -0.298. The Bertz CT molecular complexity index is 547. The summed E-state index contributed by atoms with van der Waals surface area (Å²) in [5, 5.41) is 9.71. The summed E-state index contributed by atoms with van der Waals surface area (Å²) in [5.41, 5.74) is 1.88. The smallest absolute Gasteiger partial charge is 0.123 e. The SMILES string of the molecule is OCCN(Cc1ccccc1)Cc1cc(F)ccc1Cl. The highest BCUT2D eigenvalue weighted by atomic mass is 35.5. The van der Waals surface area contributed by atoms with Gasteiger partial charge in [-0.1, -0.05) is 41.9 Å². The standard InChI is InChI=1S/C16H17ClFNO/c17-16-7-6-15(18)10-14(16)12-19(8-9-20)11-13-4-2-1-3-5-13/h1-7,10,20H,8-9,11-12H2. The predicted molar refractivity (Wildman–Crippen MR) is 79.1 cm³/mol. The molecule has 0 aromatic heterocycles. The summed E-state index contributed by atoms with van der Waals surface area (Å²) >= 11 is 6.09. The number of aliphatic hydroxyl groups excluding tert-OH is 1. The highest BCUT2D eigenvalue weighted by Gasteiger charge is 2.10. The van der Waals surface area contributed by atoms with Crippen LogP contribution in [-0.2, 0) is 13.1 Å². The first-order chi connectivity index (χ1) is 9.69. The minimum Gasteiger partial charge on any atom is -0.395 e. The molecule has 0 atom stereocenters. The molecule has 2 aromatic rings. The van der Waals surface area contributed by atoms with E-state index in [9.17, 15) is 4.39 Å². The molecule has 0 aliphatic heterocycles. The molecule has 0 saturated carbocycles. The van der Waals surface area contributed by atoms with Gasteiger partial charge in [0.1, 0.15) is 5.82 Å². The molecule has 0 unspecified atom stereocenters. The summed E-state index contributed by atoms with van der Waals surface area (Å²) in [7, 11) is 0. The quantitative estimate of drug-likeness (QED) is 0.881. The molecule has 2 rings (SSSR count). The van der Waals surface area contributed by atoms with Crippen molar-refractivity contribution < 1.29 is 9.50 Å². The number of nitrogens with zero attached hydrogens (tertiary/aromatic N) is 1. The molecule has 4 heteroatoms. The molecule has 20 heavy (non-hydrogen) atoms. The largest absolute Gasteiger partial charge is 0.395 e. The van der Waals surface area contributed by atoms with E-state index in [1.807, 2.05) is 35.2 Å². The fourth-order valence-corrected chi connectivity index (χ4v) is 2.28. The topological polar surface area (TPSA) is 23.5 Å². The van der Waals surface area contributed by atoms with Gasteiger partial charge in [0.2, 0.25) is 0 Å². The van der Waals surface area contributed by atoms with Crippen LogP contribution in [0.5, 0.6) is 0 Å². The van der Waals surface area contributed by atoms with E-state index in [0.717, 1.165) is 11.1 Å². The third-order valence-electron chi connectivity index (χ3n) is 3.07. The number of benzene rings is 2. The van der Waals surface area contributed by atoms with Gasteiger partial charge in [-0.15, -0.1) is 0 Å². The van der Waals surface area contributed by atoms with Gasteiger partial charge < -0.3 is 5.11 Å². The van der Waals surface area contributed by atoms with Gasteiger partial charge in [-0.2, -0.15) is 0 Å². The van der Waals surface area contributed by atoms with E-state index in [1.54, 1.807) is 6.07 Å². The third kappa shape index (κ3) is 4.30. The Morgan fingerprint density at radius 1 is 1.05 bits per heavy atom. The second-order valence-corrected chi connectivity index (χ2v) is 5.06. The number of halogens is 2. The highest BCUT2D eigenvalue weighted by Crippen LogP contribution is 2.19. The van der Waals surface area contributed by atoms with Gasteiger partial charge in [0.25, 0.3) is 0 Å². The number of hydrogen-bond donors (Lipinski definition) is 1. The molecule has 0 aliphatic carbocycles. The molecular weight excluding hydrogens is 277 g/mol. The van der Waals surface area contributed by atoms with Crippen LogP contribution < -0.4 is 0 Å². The van der Waals surface area contributed by atoms with E-state index in [-0.39, 0.29) is 12.4 Å². The normalized spacial score (nSPS) is 11.0. The fourth-order valence-electron chi connectivity index (χ4n) is 2.10. The molecule has 2 aromatic carbocycles. The van der Waals surface area contributed by atoms with Crippen molar-refractivity contribution in [3.05, 3.63) is 70.5 Å². The molecule has 0 heterocycles. The van der Waals surface area contributed by atoms with Gasteiger partial charge in [-0.25, -0.2) is 4.39 Å². The summed E-state index contributed by atoms with van der Waals surface area (Å²) in [6.45, 7) is 1.77. The third-order valence-corrected chi connectivity index (χ3v) is 3.44. The van der Waals surface area contributed by atoms with Crippen LogP contribution >= 0.6 is 11.6 Å². The molecule has 0 spiro atoms. The summed E-state index contributed by atoms with van der Waals surface area (Å²) in [4.78, 5) is 2.04. The monoisotopic (exact) mass is 293 g/mol. The van der Waals surface area contributed by atoms with Crippen LogP contribution in [0.15, 0.2) is 48.5 Å². The van der Waals surface area contributed by atoms with E-state index in [2.05, 4.69) is 0 Å². The molecule has 2 nitrogen and oxygen atoms in total. The molecule has 106 valence electrons. The maximum absolute atomic E-state index is 13.3. The molecule has 0 amide bonds. The minimum atomic E-state index is -0.298. The molecule has 1 N–H and O–H groups in total. The molecule has 0 radical (unpaired) electrons. The average Bonchev–Trinajstić information content (AvgIpc) is 2.44. The van der Waals surface area contributed by atoms with Crippen LogP contribution in [0.2, 0.25) is 5.02 Å². The van der Waals surface area contributed by atoms with Crippen LogP contribution in [0.25, 0.3) is 0 Å². The van der Waals surface area contributed by atoms with E-state index >= 15 is 0 Å². The molecule has 0 bridgehead atoms. The van der Waals surface area contributed by atoms with Gasteiger partial charge in [0.15, 0.2) is 0 Å². The van der Waals surface area contributed by atoms with Crippen molar-refractivity contribution in [1.29, 1.82) is 0 Å². The zero-order chi connectivity index (χ0) is 14.4. The van der Waals surface area contributed by atoms with Crippen LogP contribution in [0.3, 0.4) is 0 Å². The second-order valence-electron chi connectivity index (χ2n) is 4.66. The summed E-state index contributed by atoms with van der Waals surface area (Å²) < 4.78 is 13.3. The lowest BCUT2D eigenvalue weighted by Crippen LogP contribution is -2.26. The highest BCUT2D eigenvalue weighted by molar-refractivity contribution is 6.31. The van der Waals surface area contributed by atoms with Crippen molar-refractivity contribution >= 4 is 11.6 Å². The van der Waals surface area contributed by atoms with Gasteiger partial charge in [-0.3, -0.25) is 4.90 Å². The van der Waals surface area contributed by atoms with Crippen molar-refractivity contribution in [2.75, 3.05) is 13.2 Å². The number of rotatable bonds is 6. The number of hydrogen-bond acceptors (Lipinski definition) is 2. The maximum atomic E-state index is 13.3. The Morgan fingerprint density at radius 2 is 1.80 bits per heavy atom. The maximum Gasteiger partial charge on any atom is 0.123 e. The van der Waals surface area contributed by atoms with Gasteiger partial charge >= 0.3 is 0 Å². The molecule has 0 aliphatic rings. The first-order valence-electron chi connectivity index (χ1n) is 6.50. The Kier molecular flexibility index (Phi) is 5.53. The van der Waals surface area contributed by atoms with E-state index < -0.39 is 0 Å².